The SMILES string of the molecule is O=C(O)C(CNC(=O)C1(c2cccc(F)c2)CCC1)Oc1ccc(F)cc1. The molecule has 1 unspecified atom stereocenters. The van der Waals surface area contributed by atoms with E-state index in [1.165, 1.54) is 24.3 Å². The number of carbonyl (C=O) groups excluding carboxylic acids is 1. The van der Waals surface area contributed by atoms with Gasteiger partial charge in [-0.15, -0.1) is 0 Å². The monoisotopic (exact) mass is 375 g/mol. The molecule has 5 nitrogen and oxygen atoms in total. The zero-order valence-corrected chi connectivity index (χ0v) is 14.5. The Bertz CT molecular complexity index is 834. The van der Waals surface area contributed by atoms with Gasteiger partial charge in [0.15, 0.2) is 0 Å². The van der Waals surface area contributed by atoms with Crippen molar-refractivity contribution in [2.24, 2.45) is 0 Å². The zero-order valence-electron chi connectivity index (χ0n) is 14.5. The molecule has 3 rings (SSSR count). The van der Waals surface area contributed by atoms with Crippen LogP contribution in [0.5, 0.6) is 5.75 Å². The first-order chi connectivity index (χ1) is 12.9. The van der Waals surface area contributed by atoms with E-state index in [1.54, 1.807) is 12.1 Å². The summed E-state index contributed by atoms with van der Waals surface area (Å²) >= 11 is 0. The number of ether oxygens (including phenoxy) is 1. The first-order valence-electron chi connectivity index (χ1n) is 8.60. The van der Waals surface area contributed by atoms with Crippen LogP contribution in [0.3, 0.4) is 0 Å². The van der Waals surface area contributed by atoms with E-state index < -0.39 is 29.1 Å². The van der Waals surface area contributed by atoms with Crippen molar-refractivity contribution >= 4 is 11.9 Å². The molecule has 0 saturated heterocycles. The van der Waals surface area contributed by atoms with E-state index >= 15 is 0 Å². The van der Waals surface area contributed by atoms with Gasteiger partial charge in [-0.1, -0.05) is 18.6 Å². The third kappa shape index (κ3) is 4.07. The van der Waals surface area contributed by atoms with Crippen molar-refractivity contribution in [2.75, 3.05) is 6.54 Å². The highest BCUT2D eigenvalue weighted by Crippen LogP contribution is 2.44. The maximum atomic E-state index is 13.6. The van der Waals surface area contributed by atoms with E-state index in [0.717, 1.165) is 18.6 Å². The number of amides is 1. The predicted molar refractivity (Wildman–Crippen MR) is 93.4 cm³/mol. The predicted octanol–water partition coefficient (Wildman–Crippen LogP) is 3.03. The first kappa shape index (κ1) is 18.8. The molecular weight excluding hydrogens is 356 g/mol. The van der Waals surface area contributed by atoms with Gasteiger partial charge in [0, 0.05) is 0 Å². The number of carboxylic acids is 1. The number of aliphatic carboxylic acids is 1. The lowest BCUT2D eigenvalue weighted by Crippen LogP contribution is -2.52. The van der Waals surface area contributed by atoms with Gasteiger partial charge in [-0.05, 0) is 54.8 Å². The van der Waals surface area contributed by atoms with E-state index in [1.807, 2.05) is 0 Å². The van der Waals surface area contributed by atoms with Crippen LogP contribution in [0.4, 0.5) is 8.78 Å². The van der Waals surface area contributed by atoms with Crippen molar-refractivity contribution in [3.63, 3.8) is 0 Å². The summed E-state index contributed by atoms with van der Waals surface area (Å²) in [5.41, 5.74) is -0.265. The van der Waals surface area contributed by atoms with Gasteiger partial charge in [-0.2, -0.15) is 0 Å². The minimum absolute atomic E-state index is 0.182. The summed E-state index contributed by atoms with van der Waals surface area (Å²) in [5, 5.41) is 11.9. The average Bonchev–Trinajstić information content (AvgIpc) is 2.59. The molecule has 1 aliphatic rings. The van der Waals surface area contributed by atoms with Gasteiger partial charge in [-0.3, -0.25) is 4.79 Å². The Labute approximate surface area is 155 Å². The molecule has 1 amide bonds. The van der Waals surface area contributed by atoms with Crippen molar-refractivity contribution in [3.05, 3.63) is 65.7 Å². The van der Waals surface area contributed by atoms with Crippen molar-refractivity contribution in [3.8, 4) is 5.75 Å². The molecule has 2 N–H and O–H groups in total. The average molecular weight is 375 g/mol. The van der Waals surface area contributed by atoms with E-state index in [2.05, 4.69) is 5.32 Å². The van der Waals surface area contributed by atoms with Crippen molar-refractivity contribution < 1.29 is 28.2 Å². The molecule has 1 atom stereocenters. The lowest BCUT2D eigenvalue weighted by Gasteiger charge is -2.41. The highest BCUT2D eigenvalue weighted by molar-refractivity contribution is 5.89. The van der Waals surface area contributed by atoms with Crippen LogP contribution in [0.15, 0.2) is 48.5 Å². The number of hydrogen-bond acceptors (Lipinski definition) is 3. The Morgan fingerprint density at radius 1 is 1.11 bits per heavy atom. The molecule has 0 spiro atoms. The third-order valence-corrected chi connectivity index (χ3v) is 4.83. The summed E-state index contributed by atoms with van der Waals surface area (Å²) in [5.74, 6) is -2.32. The minimum Gasteiger partial charge on any atom is -0.478 e. The fourth-order valence-electron chi connectivity index (χ4n) is 3.17. The largest absolute Gasteiger partial charge is 0.478 e. The van der Waals surface area contributed by atoms with Gasteiger partial charge >= 0.3 is 5.97 Å². The molecular formula is C20H19F2NO4. The van der Waals surface area contributed by atoms with Gasteiger partial charge < -0.3 is 15.2 Å². The number of hydrogen-bond donors (Lipinski definition) is 2. The molecule has 2 aromatic rings. The maximum Gasteiger partial charge on any atom is 0.346 e. The fourth-order valence-corrected chi connectivity index (χ4v) is 3.17. The summed E-state index contributed by atoms with van der Waals surface area (Å²) in [6, 6.07) is 10.8. The molecule has 0 heterocycles. The summed E-state index contributed by atoms with van der Waals surface area (Å²) in [6.45, 7) is -0.261. The van der Waals surface area contributed by atoms with Gasteiger partial charge in [0.2, 0.25) is 12.0 Å². The van der Waals surface area contributed by atoms with E-state index in [-0.39, 0.29) is 18.2 Å². The Kier molecular flexibility index (Phi) is 5.39. The van der Waals surface area contributed by atoms with Crippen molar-refractivity contribution in [1.29, 1.82) is 0 Å². The fraction of sp³-hybridized carbons (Fsp3) is 0.300. The van der Waals surface area contributed by atoms with Crippen LogP contribution >= 0.6 is 0 Å². The summed E-state index contributed by atoms with van der Waals surface area (Å²) in [6.07, 6.45) is 0.639. The Hall–Kier alpha value is -2.96. The number of halogens is 2. The van der Waals surface area contributed by atoms with Gasteiger partial charge in [-0.25, -0.2) is 13.6 Å². The Balaban J connectivity index is 1.68. The summed E-state index contributed by atoms with van der Waals surface area (Å²) < 4.78 is 31.8. The number of carbonyl (C=O) groups is 2. The van der Waals surface area contributed by atoms with Crippen LogP contribution in [0.2, 0.25) is 0 Å². The second-order valence-electron chi connectivity index (χ2n) is 6.55. The number of nitrogens with one attached hydrogen (secondary N) is 1. The topological polar surface area (TPSA) is 75.6 Å². The van der Waals surface area contributed by atoms with E-state index in [9.17, 15) is 23.5 Å². The molecule has 2 aromatic carbocycles. The van der Waals surface area contributed by atoms with Crippen molar-refractivity contribution in [1.82, 2.24) is 5.32 Å². The van der Waals surface area contributed by atoms with Crippen LogP contribution < -0.4 is 10.1 Å². The number of benzene rings is 2. The molecule has 27 heavy (non-hydrogen) atoms. The molecule has 7 heteroatoms. The molecule has 0 bridgehead atoms. The van der Waals surface area contributed by atoms with Gasteiger partial charge in [0.05, 0.1) is 12.0 Å². The smallest absolute Gasteiger partial charge is 0.346 e. The highest BCUT2D eigenvalue weighted by Gasteiger charge is 2.46. The second-order valence-corrected chi connectivity index (χ2v) is 6.55. The summed E-state index contributed by atoms with van der Waals surface area (Å²) in [7, 11) is 0. The molecule has 142 valence electrons. The molecule has 1 aliphatic carbocycles. The van der Waals surface area contributed by atoms with Crippen LogP contribution in [-0.2, 0) is 15.0 Å². The Morgan fingerprint density at radius 3 is 2.37 bits per heavy atom. The number of carboxylic acid groups (broad SMARTS) is 1. The lowest BCUT2D eigenvalue weighted by atomic mass is 9.64. The van der Waals surface area contributed by atoms with E-state index in [0.29, 0.717) is 18.4 Å². The third-order valence-electron chi connectivity index (χ3n) is 4.83. The number of rotatable bonds is 7. The van der Waals surface area contributed by atoms with Crippen LogP contribution in [-0.4, -0.2) is 29.6 Å². The first-order valence-corrected chi connectivity index (χ1v) is 8.60. The van der Waals surface area contributed by atoms with E-state index in [4.69, 9.17) is 4.74 Å². The molecule has 0 aromatic heterocycles. The molecule has 1 fully saturated rings. The van der Waals surface area contributed by atoms with Crippen LogP contribution in [0, 0.1) is 11.6 Å². The molecule has 1 saturated carbocycles. The van der Waals surface area contributed by atoms with Gasteiger partial charge in [0.25, 0.3) is 0 Å². The lowest BCUT2D eigenvalue weighted by molar-refractivity contribution is -0.145. The standard InChI is InChI=1S/C20H19F2NO4/c21-14-5-7-16(8-6-14)27-17(18(24)25)12-23-19(26)20(9-2-10-20)13-3-1-4-15(22)11-13/h1,3-8,11,17H,2,9-10,12H2,(H,23,26)(H,24,25). The van der Waals surface area contributed by atoms with Crippen LogP contribution in [0.25, 0.3) is 0 Å². The minimum atomic E-state index is -1.33. The maximum absolute atomic E-state index is 13.6. The molecule has 0 radical (unpaired) electrons. The van der Waals surface area contributed by atoms with Gasteiger partial charge in [0.1, 0.15) is 17.4 Å². The Morgan fingerprint density at radius 2 is 1.81 bits per heavy atom. The van der Waals surface area contributed by atoms with Crippen LogP contribution in [0.1, 0.15) is 24.8 Å². The zero-order chi connectivity index (χ0) is 19.4. The van der Waals surface area contributed by atoms with Crippen molar-refractivity contribution in [2.45, 2.75) is 30.8 Å². The molecule has 0 aliphatic heterocycles. The second kappa shape index (κ2) is 7.73. The normalized spacial score (nSPS) is 16.1. The highest BCUT2D eigenvalue weighted by atomic mass is 19.1. The summed E-state index contributed by atoms with van der Waals surface area (Å²) in [4.78, 5) is 24.2. The quantitative estimate of drug-likeness (QED) is 0.780.